The molecule has 0 radical (unpaired) electrons. The summed E-state index contributed by atoms with van der Waals surface area (Å²) in [7, 11) is 0. The van der Waals surface area contributed by atoms with Crippen LogP contribution < -0.4 is 15.5 Å². The summed E-state index contributed by atoms with van der Waals surface area (Å²) in [5.41, 5.74) is 8.18. The molecule has 0 aliphatic carbocycles. The second-order valence-electron chi connectivity index (χ2n) is 9.32. The summed E-state index contributed by atoms with van der Waals surface area (Å²) in [6.45, 7) is 7.13. The highest BCUT2D eigenvalue weighted by Crippen LogP contribution is 2.30. The molecule has 2 aliphatic rings. The molecule has 0 spiro atoms. The number of aryl methyl sites for hydroxylation is 2. The molecule has 1 unspecified atom stereocenters. The Morgan fingerprint density at radius 3 is 2.42 bits per heavy atom. The number of hydrogen-bond acceptors (Lipinski definition) is 8. The van der Waals surface area contributed by atoms with Crippen molar-refractivity contribution in [1.29, 1.82) is 0 Å². The second kappa shape index (κ2) is 12.3. The number of piperazine rings is 1. The topological polar surface area (TPSA) is 119 Å². The fraction of sp³-hybridized carbons (Fsp3) is 0.370. The molecule has 1 aromatic heterocycles. The van der Waals surface area contributed by atoms with Crippen molar-refractivity contribution >= 4 is 34.2 Å². The van der Waals surface area contributed by atoms with Gasteiger partial charge in [-0.15, -0.1) is 0 Å². The number of carbonyl (C=O) groups excluding carboxylic acids is 1. The molecular weight excluding hydrogens is 507 g/mol. The van der Waals surface area contributed by atoms with Crippen molar-refractivity contribution in [3.05, 3.63) is 71.9 Å². The van der Waals surface area contributed by atoms with Crippen molar-refractivity contribution < 1.29 is 20.8 Å². The van der Waals surface area contributed by atoms with Gasteiger partial charge < -0.3 is 25.0 Å². The predicted octanol–water partition coefficient (Wildman–Crippen LogP) is 3.41. The van der Waals surface area contributed by atoms with Crippen LogP contribution in [0.15, 0.2) is 59.6 Å². The Labute approximate surface area is 227 Å². The lowest BCUT2D eigenvalue weighted by molar-refractivity contribution is -0.132. The van der Waals surface area contributed by atoms with Crippen molar-refractivity contribution in [2.24, 2.45) is 0 Å². The minimum atomic E-state index is -2.23. The molecule has 2 aliphatic heterocycles. The fourth-order valence-corrected chi connectivity index (χ4v) is 5.18. The fourth-order valence-electron chi connectivity index (χ4n) is 4.82. The van der Waals surface area contributed by atoms with Crippen LogP contribution in [0.3, 0.4) is 0 Å². The molecular formula is C27H36FN6O3S-. The number of nitrogen functional groups attached to an aromatic ring is 1. The van der Waals surface area contributed by atoms with Gasteiger partial charge in [-0.2, -0.15) is 0 Å². The van der Waals surface area contributed by atoms with E-state index in [2.05, 4.69) is 19.8 Å². The molecule has 1 saturated heterocycles. The Hall–Kier alpha value is -3.57. The van der Waals surface area contributed by atoms with Crippen LogP contribution in [-0.4, -0.2) is 68.3 Å². The lowest BCUT2D eigenvalue weighted by Gasteiger charge is -2.41. The van der Waals surface area contributed by atoms with E-state index in [1.807, 2.05) is 11.8 Å². The third kappa shape index (κ3) is 6.65. The number of rotatable bonds is 4. The monoisotopic (exact) mass is 543 g/mol. The molecule has 3 heterocycles. The van der Waals surface area contributed by atoms with E-state index in [0.29, 0.717) is 37.8 Å². The van der Waals surface area contributed by atoms with Gasteiger partial charge >= 0.3 is 0 Å². The zero-order valence-corrected chi connectivity index (χ0v) is 22.4. The zero-order chi connectivity index (χ0) is 27.2. The second-order valence-corrected chi connectivity index (χ2v) is 10.3. The van der Waals surface area contributed by atoms with Gasteiger partial charge in [0.15, 0.2) is 0 Å². The Morgan fingerprint density at radius 2 is 1.82 bits per heavy atom. The first kappa shape index (κ1) is 27.5. The number of nitrogens with two attached hydrogens (primary N) is 1. The molecule has 1 fully saturated rings. The van der Waals surface area contributed by atoms with Crippen LogP contribution in [0, 0.1) is 12.7 Å². The molecule has 2 N–H and O–H groups in total. The normalized spacial score (nSPS) is 16.7. The van der Waals surface area contributed by atoms with Gasteiger partial charge in [0.05, 0.1) is 0 Å². The van der Waals surface area contributed by atoms with Crippen LogP contribution >= 0.6 is 0 Å². The van der Waals surface area contributed by atoms with Crippen LogP contribution in [0.25, 0.3) is 0 Å². The van der Waals surface area contributed by atoms with Crippen molar-refractivity contribution in [2.45, 2.75) is 37.6 Å². The summed E-state index contributed by atoms with van der Waals surface area (Å²) < 4.78 is 35.6. The number of carbonyl (C=O) groups is 1. The van der Waals surface area contributed by atoms with E-state index in [0.717, 1.165) is 36.3 Å². The van der Waals surface area contributed by atoms with Gasteiger partial charge in [0.2, 0.25) is 5.91 Å². The van der Waals surface area contributed by atoms with Crippen LogP contribution in [0.4, 0.5) is 21.6 Å². The van der Waals surface area contributed by atoms with Gasteiger partial charge in [-0.3, -0.25) is 9.00 Å². The van der Waals surface area contributed by atoms with E-state index in [4.69, 9.17) is 5.73 Å². The largest absolute Gasteiger partial charge is 0.768 e. The summed E-state index contributed by atoms with van der Waals surface area (Å²) in [6, 6.07) is 13.0. The zero-order valence-electron chi connectivity index (χ0n) is 21.5. The molecule has 1 amide bonds. The number of amides is 1. The van der Waals surface area contributed by atoms with Gasteiger partial charge in [0.25, 0.3) is 0 Å². The first-order valence-electron chi connectivity index (χ1n) is 12.6. The molecule has 9 nitrogen and oxygen atoms in total. The van der Waals surface area contributed by atoms with E-state index in [1.165, 1.54) is 6.07 Å². The summed E-state index contributed by atoms with van der Waals surface area (Å²) in [4.78, 5) is 27.3. The number of aromatic nitrogens is 2. The van der Waals surface area contributed by atoms with Crippen molar-refractivity contribution in [1.82, 2.24) is 14.9 Å². The number of anilines is 3. The average molecular weight is 544 g/mol. The lowest BCUT2D eigenvalue weighted by Crippen LogP contribution is -2.55. The van der Waals surface area contributed by atoms with E-state index < -0.39 is 11.1 Å². The molecule has 2 atom stereocenters. The third-order valence-corrected chi connectivity index (χ3v) is 7.46. The molecule has 0 bridgehead atoms. The van der Waals surface area contributed by atoms with Crippen molar-refractivity contribution in [3.8, 4) is 0 Å². The Balaban J connectivity index is 0.000000485. The first-order chi connectivity index (χ1) is 18.2. The molecule has 5 rings (SSSR count). The highest BCUT2D eigenvalue weighted by molar-refractivity contribution is 7.79. The number of hydrogen-bond donors (Lipinski definition) is 1. The first-order valence-corrected chi connectivity index (χ1v) is 13.6. The van der Waals surface area contributed by atoms with E-state index in [9.17, 15) is 17.9 Å². The van der Waals surface area contributed by atoms with E-state index in [-0.39, 0.29) is 25.5 Å². The van der Waals surface area contributed by atoms with E-state index >= 15 is 0 Å². The maximum Gasteiger partial charge on any atom is 0.245 e. The van der Waals surface area contributed by atoms with Gasteiger partial charge in [-0.25, -0.2) is 14.4 Å². The third-order valence-electron chi connectivity index (χ3n) is 6.80. The van der Waals surface area contributed by atoms with Crippen LogP contribution in [0.1, 0.15) is 27.6 Å². The smallest absolute Gasteiger partial charge is 0.245 e. The van der Waals surface area contributed by atoms with Crippen LogP contribution in [0.2, 0.25) is 0 Å². The van der Waals surface area contributed by atoms with Gasteiger partial charge in [0, 0.05) is 58.0 Å². The SMILES string of the molecule is C[C@H](C(=O)N1CCN(c2ccc(S(=O)[O-])cc2)CC1)N1CCCc2cc(F)ccc21.Cc1nccc(N)n1.[HH].[HH]. The standard InChI is InChI=1S/C22H26FN3O3S.C5H7N3.2H2/c1-16(26-10-2-3-17-15-18(23)4-9-21(17)26)22(27)25-13-11-24(12-14-25)19-5-7-20(8-6-19)30(28)29;1-4-7-3-2-5(6)8-4;;/h4-9,15-16H,2-3,10-14H2,1H3,(H,28,29);2-3H,1H3,(H2,6,7,8);2*1H/p-1/t16-;;;/m1.../s1. The highest BCUT2D eigenvalue weighted by atomic mass is 32.2. The van der Waals surface area contributed by atoms with Gasteiger partial charge in [-0.1, -0.05) is 0 Å². The quantitative estimate of drug-likeness (QED) is 0.498. The lowest BCUT2D eigenvalue weighted by atomic mass is 9.99. The van der Waals surface area contributed by atoms with Crippen molar-refractivity contribution in [3.63, 3.8) is 0 Å². The minimum absolute atomic E-state index is 0. The maximum atomic E-state index is 13.6. The Bertz CT molecular complexity index is 1280. The molecule has 206 valence electrons. The van der Waals surface area contributed by atoms with Gasteiger partial charge in [-0.05, 0) is 91.9 Å². The molecule has 0 saturated carbocycles. The summed E-state index contributed by atoms with van der Waals surface area (Å²) in [5.74, 6) is 1.09. The maximum absolute atomic E-state index is 13.6. The minimum Gasteiger partial charge on any atom is -0.768 e. The molecule has 3 aromatic rings. The summed E-state index contributed by atoms with van der Waals surface area (Å²) >= 11 is -2.23. The summed E-state index contributed by atoms with van der Waals surface area (Å²) in [5, 5.41) is 0. The predicted molar refractivity (Wildman–Crippen MR) is 149 cm³/mol. The van der Waals surface area contributed by atoms with Gasteiger partial charge in [0.1, 0.15) is 23.5 Å². The van der Waals surface area contributed by atoms with E-state index in [1.54, 1.807) is 55.6 Å². The highest BCUT2D eigenvalue weighted by Gasteiger charge is 2.31. The van der Waals surface area contributed by atoms with Crippen molar-refractivity contribution in [2.75, 3.05) is 48.3 Å². The molecule has 38 heavy (non-hydrogen) atoms. The van der Waals surface area contributed by atoms with Crippen LogP contribution in [0.5, 0.6) is 0 Å². The molecule has 11 heteroatoms. The number of fused-ring (bicyclic) bond motifs is 1. The van der Waals surface area contributed by atoms with Crippen LogP contribution in [-0.2, 0) is 22.3 Å². The number of halogens is 1. The Kier molecular flexibility index (Phi) is 8.90. The molecule has 2 aromatic carbocycles. The number of benzene rings is 2. The number of nitrogens with zero attached hydrogens (tertiary/aromatic N) is 5. The average Bonchev–Trinajstić information content (AvgIpc) is 2.92. The Morgan fingerprint density at radius 1 is 1.11 bits per heavy atom. The summed E-state index contributed by atoms with van der Waals surface area (Å²) in [6.07, 6.45) is 3.38.